The van der Waals surface area contributed by atoms with Crippen LogP contribution in [0.5, 0.6) is 0 Å². The minimum atomic E-state index is -4.81. The highest BCUT2D eigenvalue weighted by atomic mass is 19.4. The van der Waals surface area contributed by atoms with Crippen LogP contribution in [-0.2, 0) is 20.9 Å². The maximum Gasteiger partial charge on any atom is 0.417 e. The molecule has 0 saturated carbocycles. The number of halogens is 5. The van der Waals surface area contributed by atoms with Gasteiger partial charge in [-0.05, 0) is 23.3 Å². The lowest BCUT2D eigenvalue weighted by molar-refractivity contribution is -0.141. The van der Waals surface area contributed by atoms with Gasteiger partial charge in [0.2, 0.25) is 5.91 Å². The van der Waals surface area contributed by atoms with E-state index in [1.165, 1.54) is 36.4 Å². The van der Waals surface area contributed by atoms with E-state index in [2.05, 4.69) is 4.74 Å². The maximum absolute atomic E-state index is 13.5. The number of benzene rings is 2. The molecule has 0 unspecified atom stereocenters. The third kappa shape index (κ3) is 6.40. The van der Waals surface area contributed by atoms with Gasteiger partial charge in [0, 0.05) is 19.2 Å². The Morgan fingerprint density at radius 2 is 1.70 bits per heavy atom. The summed E-state index contributed by atoms with van der Waals surface area (Å²) in [5, 5.41) is 0. The van der Waals surface area contributed by atoms with Crippen molar-refractivity contribution in [2.75, 3.05) is 13.7 Å². The number of carbonyl (C=O) groups is 2. The van der Waals surface area contributed by atoms with Gasteiger partial charge in [0.15, 0.2) is 11.6 Å². The number of carbonyl (C=O) groups excluding carboxylic acids is 2. The summed E-state index contributed by atoms with van der Waals surface area (Å²) in [7, 11) is 1.13. The Hall–Kier alpha value is -3.23. The van der Waals surface area contributed by atoms with Crippen LogP contribution in [0.3, 0.4) is 0 Å². The van der Waals surface area contributed by atoms with Crippen LogP contribution in [-0.4, -0.2) is 36.6 Å². The first kappa shape index (κ1) is 23.1. The van der Waals surface area contributed by atoms with Crippen LogP contribution >= 0.6 is 0 Å². The average molecular weight is 427 g/mol. The van der Waals surface area contributed by atoms with Gasteiger partial charge in [-0.3, -0.25) is 9.59 Å². The van der Waals surface area contributed by atoms with E-state index >= 15 is 0 Å². The van der Waals surface area contributed by atoms with E-state index in [1.54, 1.807) is 0 Å². The van der Waals surface area contributed by atoms with Crippen LogP contribution in [0, 0.1) is 11.6 Å². The summed E-state index contributed by atoms with van der Waals surface area (Å²) in [5.41, 5.74) is -1.23. The molecule has 2 aromatic carbocycles. The summed E-state index contributed by atoms with van der Waals surface area (Å²) >= 11 is 0. The summed E-state index contributed by atoms with van der Waals surface area (Å²) in [4.78, 5) is 25.0. The molecule has 2 rings (SSSR count). The van der Waals surface area contributed by atoms with E-state index in [0.29, 0.717) is 6.08 Å². The number of ether oxygens (including phenoxy) is 1. The molecule has 0 bridgehead atoms. The third-order valence-corrected chi connectivity index (χ3v) is 4.14. The van der Waals surface area contributed by atoms with Gasteiger partial charge in [-0.2, -0.15) is 13.2 Å². The van der Waals surface area contributed by atoms with Crippen LogP contribution in [0.25, 0.3) is 5.57 Å². The molecule has 0 aliphatic rings. The predicted molar refractivity (Wildman–Crippen MR) is 98.9 cm³/mol. The van der Waals surface area contributed by atoms with E-state index in [1.807, 2.05) is 0 Å². The predicted octanol–water partition coefficient (Wildman–Crippen LogP) is 4.50. The lowest BCUT2D eigenvalue weighted by atomic mass is 10.0. The Morgan fingerprint density at radius 1 is 1.03 bits per heavy atom. The topological polar surface area (TPSA) is 46.6 Å². The first-order chi connectivity index (χ1) is 14.1. The smallest absolute Gasteiger partial charge is 0.417 e. The number of rotatable bonds is 7. The van der Waals surface area contributed by atoms with Gasteiger partial charge in [-0.15, -0.1) is 0 Å². The SMILES string of the molecule is COC(=O)CCN(Cc1ccc(F)c(F)c1)C(=O)/C=C(/c1ccccc1)C(F)(F)F. The van der Waals surface area contributed by atoms with E-state index in [0.717, 1.165) is 24.1 Å². The third-order valence-electron chi connectivity index (χ3n) is 4.14. The van der Waals surface area contributed by atoms with E-state index in [4.69, 9.17) is 0 Å². The van der Waals surface area contributed by atoms with E-state index < -0.39 is 35.3 Å². The lowest BCUT2D eigenvalue weighted by Crippen LogP contribution is -2.32. The number of allylic oxidation sites excluding steroid dienone is 1. The fourth-order valence-corrected chi connectivity index (χ4v) is 2.62. The van der Waals surface area contributed by atoms with Crippen LogP contribution < -0.4 is 0 Å². The molecule has 0 spiro atoms. The van der Waals surface area contributed by atoms with Crippen molar-refractivity contribution in [1.82, 2.24) is 4.90 Å². The molecule has 0 fully saturated rings. The van der Waals surface area contributed by atoms with Gasteiger partial charge in [-0.25, -0.2) is 8.78 Å². The Morgan fingerprint density at radius 3 is 2.27 bits per heavy atom. The Kier molecular flexibility index (Phi) is 7.68. The van der Waals surface area contributed by atoms with Gasteiger partial charge in [0.05, 0.1) is 19.1 Å². The van der Waals surface area contributed by atoms with E-state index in [9.17, 15) is 31.5 Å². The number of nitrogens with zero attached hydrogens (tertiary/aromatic N) is 1. The van der Waals surface area contributed by atoms with Crippen LogP contribution in [0.2, 0.25) is 0 Å². The standard InChI is InChI=1S/C21H18F5NO3/c1-30-20(29)9-10-27(13-14-7-8-17(22)18(23)11-14)19(28)12-16(21(24,25)26)15-5-3-2-4-6-15/h2-8,11-12H,9-10,13H2,1H3/b16-12-. The lowest BCUT2D eigenvalue weighted by Gasteiger charge is -2.22. The van der Waals surface area contributed by atoms with Crippen molar-refractivity contribution in [3.8, 4) is 0 Å². The first-order valence-electron chi connectivity index (χ1n) is 8.75. The average Bonchev–Trinajstić information content (AvgIpc) is 2.71. The molecule has 9 heteroatoms. The molecule has 0 aromatic heterocycles. The van der Waals surface area contributed by atoms with Crippen molar-refractivity contribution in [2.24, 2.45) is 0 Å². The Bertz CT molecular complexity index is 926. The van der Waals surface area contributed by atoms with Crippen molar-refractivity contribution in [1.29, 1.82) is 0 Å². The largest absolute Gasteiger partial charge is 0.469 e. The molecule has 4 nitrogen and oxygen atoms in total. The fourth-order valence-electron chi connectivity index (χ4n) is 2.62. The second kappa shape index (κ2) is 10.00. The molecule has 0 aliphatic carbocycles. The monoisotopic (exact) mass is 427 g/mol. The summed E-state index contributed by atoms with van der Waals surface area (Å²) in [6, 6.07) is 9.62. The maximum atomic E-state index is 13.5. The number of esters is 1. The second-order valence-electron chi connectivity index (χ2n) is 6.26. The van der Waals surface area contributed by atoms with Gasteiger partial charge >= 0.3 is 12.1 Å². The van der Waals surface area contributed by atoms with Gasteiger partial charge in [0.25, 0.3) is 0 Å². The summed E-state index contributed by atoms with van der Waals surface area (Å²) in [6.45, 7) is -0.607. The minimum absolute atomic E-state index is 0.147. The zero-order chi connectivity index (χ0) is 22.3. The number of alkyl halides is 3. The summed E-state index contributed by atoms with van der Waals surface area (Å²) < 4.78 is 71.7. The molecule has 160 valence electrons. The highest BCUT2D eigenvalue weighted by Crippen LogP contribution is 2.33. The summed E-state index contributed by atoms with van der Waals surface area (Å²) in [6.07, 6.45) is -4.67. The molecule has 0 N–H and O–H groups in total. The highest BCUT2D eigenvalue weighted by Gasteiger charge is 2.35. The fraction of sp³-hybridized carbons (Fsp3) is 0.238. The number of methoxy groups -OCH3 is 1. The van der Waals surface area contributed by atoms with Gasteiger partial charge < -0.3 is 9.64 Å². The normalized spacial score (nSPS) is 11.9. The highest BCUT2D eigenvalue weighted by molar-refractivity contribution is 5.96. The molecule has 2 aromatic rings. The van der Waals surface area contributed by atoms with Crippen LogP contribution in [0.15, 0.2) is 54.6 Å². The summed E-state index contributed by atoms with van der Waals surface area (Å²) in [5.74, 6) is -3.99. The molecule has 1 amide bonds. The number of hydrogen-bond acceptors (Lipinski definition) is 3. The zero-order valence-corrected chi connectivity index (χ0v) is 15.9. The Labute approximate surface area is 169 Å². The number of amides is 1. The molecule has 0 saturated heterocycles. The van der Waals surface area contributed by atoms with Crippen molar-refractivity contribution in [3.05, 3.63) is 77.4 Å². The quantitative estimate of drug-likeness (QED) is 0.371. The van der Waals surface area contributed by atoms with Crippen molar-refractivity contribution >= 4 is 17.4 Å². The first-order valence-corrected chi connectivity index (χ1v) is 8.75. The van der Waals surface area contributed by atoms with Crippen molar-refractivity contribution < 1.29 is 36.3 Å². The van der Waals surface area contributed by atoms with E-state index in [-0.39, 0.29) is 30.6 Å². The molecular weight excluding hydrogens is 409 g/mol. The second-order valence-corrected chi connectivity index (χ2v) is 6.26. The zero-order valence-electron chi connectivity index (χ0n) is 15.9. The van der Waals surface area contributed by atoms with Crippen molar-refractivity contribution in [3.63, 3.8) is 0 Å². The van der Waals surface area contributed by atoms with Gasteiger partial charge in [-0.1, -0.05) is 36.4 Å². The Balaban J connectivity index is 2.36. The molecule has 30 heavy (non-hydrogen) atoms. The van der Waals surface area contributed by atoms with Gasteiger partial charge in [0.1, 0.15) is 0 Å². The van der Waals surface area contributed by atoms with Crippen LogP contribution in [0.4, 0.5) is 22.0 Å². The molecule has 0 heterocycles. The molecule has 0 aliphatic heterocycles. The van der Waals surface area contributed by atoms with Crippen LogP contribution in [0.1, 0.15) is 17.5 Å². The minimum Gasteiger partial charge on any atom is -0.469 e. The van der Waals surface area contributed by atoms with Crippen molar-refractivity contribution in [2.45, 2.75) is 19.1 Å². The molecular formula is C21H18F5NO3. The molecule has 0 atom stereocenters. The molecule has 0 radical (unpaired) electrons. The number of hydrogen-bond donors (Lipinski definition) is 0.